The first kappa shape index (κ1) is 8.93. The summed E-state index contributed by atoms with van der Waals surface area (Å²) in [5.74, 6) is 0.783. The zero-order chi connectivity index (χ0) is 8.10. The molecule has 0 amide bonds. The molecule has 0 aromatic heterocycles. The predicted octanol–water partition coefficient (Wildman–Crippen LogP) is 2.78. The second-order valence-electron chi connectivity index (χ2n) is 3.38. The Bertz CT molecular complexity index is 144. The summed E-state index contributed by atoms with van der Waals surface area (Å²) in [6.07, 6.45) is 7.74. The standard InChI is InChI=1S/C9H15NS/c10-7-9(11)6-8-4-2-1-3-5-8/h8-9,11H,1-6H2. The Morgan fingerprint density at radius 1 is 1.36 bits per heavy atom. The normalized spacial score (nSPS) is 22.5. The number of nitriles is 1. The van der Waals surface area contributed by atoms with E-state index >= 15 is 0 Å². The second-order valence-corrected chi connectivity index (χ2v) is 4.01. The first-order valence-corrected chi connectivity index (χ1v) is 4.92. The SMILES string of the molecule is N#CC(S)CC1CCCCC1. The number of thiol groups is 1. The Labute approximate surface area is 74.2 Å². The van der Waals surface area contributed by atoms with Gasteiger partial charge in [-0.2, -0.15) is 17.9 Å². The Hall–Kier alpha value is -0.160. The maximum absolute atomic E-state index is 8.54. The molecular weight excluding hydrogens is 154 g/mol. The molecule has 1 rings (SSSR count). The molecule has 0 heterocycles. The molecule has 11 heavy (non-hydrogen) atoms. The van der Waals surface area contributed by atoms with Crippen molar-refractivity contribution >= 4 is 12.6 Å². The van der Waals surface area contributed by atoms with Gasteiger partial charge in [0.15, 0.2) is 0 Å². The highest BCUT2D eigenvalue weighted by Gasteiger charge is 2.15. The Kier molecular flexibility index (Phi) is 3.79. The molecule has 1 aliphatic rings. The van der Waals surface area contributed by atoms with Crippen LogP contribution in [0.5, 0.6) is 0 Å². The molecule has 0 aromatic rings. The molecule has 62 valence electrons. The minimum Gasteiger partial charge on any atom is -0.197 e. The average Bonchev–Trinajstić information content (AvgIpc) is 2.06. The van der Waals surface area contributed by atoms with Crippen molar-refractivity contribution < 1.29 is 0 Å². The molecule has 0 aliphatic heterocycles. The second kappa shape index (κ2) is 4.66. The van der Waals surface area contributed by atoms with Crippen LogP contribution in [-0.2, 0) is 0 Å². The van der Waals surface area contributed by atoms with Gasteiger partial charge in [-0.3, -0.25) is 0 Å². The van der Waals surface area contributed by atoms with Crippen molar-refractivity contribution in [1.82, 2.24) is 0 Å². The molecule has 0 N–H and O–H groups in total. The molecule has 0 radical (unpaired) electrons. The van der Waals surface area contributed by atoms with Crippen molar-refractivity contribution in [2.24, 2.45) is 5.92 Å². The molecule has 1 fully saturated rings. The molecule has 0 aromatic carbocycles. The minimum atomic E-state index is -0.0295. The fourth-order valence-electron chi connectivity index (χ4n) is 1.79. The monoisotopic (exact) mass is 169 g/mol. The summed E-state index contributed by atoms with van der Waals surface area (Å²) in [6.45, 7) is 0. The molecule has 1 atom stereocenters. The lowest BCUT2D eigenvalue weighted by Gasteiger charge is -2.21. The van der Waals surface area contributed by atoms with Crippen molar-refractivity contribution in [3.05, 3.63) is 0 Å². The number of hydrogen-bond acceptors (Lipinski definition) is 2. The smallest absolute Gasteiger partial charge is 0.0889 e. The molecule has 2 heteroatoms. The van der Waals surface area contributed by atoms with Gasteiger partial charge in [-0.05, 0) is 12.3 Å². The number of nitrogens with zero attached hydrogens (tertiary/aromatic N) is 1. The summed E-state index contributed by atoms with van der Waals surface area (Å²) in [5.41, 5.74) is 0. The minimum absolute atomic E-state index is 0.0295. The molecule has 0 saturated heterocycles. The highest BCUT2D eigenvalue weighted by molar-refractivity contribution is 7.81. The molecule has 0 bridgehead atoms. The maximum Gasteiger partial charge on any atom is 0.0889 e. The third kappa shape index (κ3) is 3.16. The van der Waals surface area contributed by atoms with Crippen LogP contribution in [0.15, 0.2) is 0 Å². The third-order valence-electron chi connectivity index (χ3n) is 2.43. The van der Waals surface area contributed by atoms with E-state index in [9.17, 15) is 0 Å². The lowest BCUT2D eigenvalue weighted by molar-refractivity contribution is 0.344. The Morgan fingerprint density at radius 2 is 2.00 bits per heavy atom. The van der Waals surface area contributed by atoms with E-state index in [0.717, 1.165) is 12.3 Å². The number of hydrogen-bond donors (Lipinski definition) is 1. The van der Waals surface area contributed by atoms with Crippen LogP contribution in [0.25, 0.3) is 0 Å². The molecule has 0 spiro atoms. The first-order chi connectivity index (χ1) is 5.33. The van der Waals surface area contributed by atoms with Crippen molar-refractivity contribution in [3.63, 3.8) is 0 Å². The largest absolute Gasteiger partial charge is 0.197 e. The van der Waals surface area contributed by atoms with Gasteiger partial charge >= 0.3 is 0 Å². The first-order valence-electron chi connectivity index (χ1n) is 4.40. The summed E-state index contributed by atoms with van der Waals surface area (Å²) in [4.78, 5) is 0. The van der Waals surface area contributed by atoms with Crippen LogP contribution in [0.4, 0.5) is 0 Å². The predicted molar refractivity (Wildman–Crippen MR) is 49.6 cm³/mol. The van der Waals surface area contributed by atoms with Gasteiger partial charge in [-0.1, -0.05) is 32.1 Å². The van der Waals surface area contributed by atoms with Gasteiger partial charge in [-0.15, -0.1) is 0 Å². The highest BCUT2D eigenvalue weighted by Crippen LogP contribution is 2.28. The third-order valence-corrected chi connectivity index (χ3v) is 2.76. The van der Waals surface area contributed by atoms with E-state index in [1.807, 2.05) is 0 Å². The molecule has 1 unspecified atom stereocenters. The van der Waals surface area contributed by atoms with Crippen molar-refractivity contribution in [2.75, 3.05) is 0 Å². The maximum atomic E-state index is 8.54. The van der Waals surface area contributed by atoms with Crippen LogP contribution in [0.2, 0.25) is 0 Å². The van der Waals surface area contributed by atoms with Gasteiger partial charge in [0.05, 0.1) is 11.3 Å². The van der Waals surface area contributed by atoms with Gasteiger partial charge in [0, 0.05) is 0 Å². The Morgan fingerprint density at radius 3 is 2.55 bits per heavy atom. The fourth-order valence-corrected chi connectivity index (χ4v) is 2.09. The molecular formula is C9H15NS. The van der Waals surface area contributed by atoms with Crippen molar-refractivity contribution in [1.29, 1.82) is 5.26 Å². The molecule has 1 aliphatic carbocycles. The summed E-state index contributed by atoms with van der Waals surface area (Å²) >= 11 is 4.18. The van der Waals surface area contributed by atoms with E-state index in [-0.39, 0.29) is 5.25 Å². The lowest BCUT2D eigenvalue weighted by Crippen LogP contribution is -2.10. The van der Waals surface area contributed by atoms with Crippen LogP contribution in [-0.4, -0.2) is 5.25 Å². The van der Waals surface area contributed by atoms with Crippen molar-refractivity contribution in [3.8, 4) is 6.07 Å². The van der Waals surface area contributed by atoms with E-state index in [2.05, 4.69) is 18.7 Å². The van der Waals surface area contributed by atoms with Gasteiger partial charge in [0.2, 0.25) is 0 Å². The van der Waals surface area contributed by atoms with Crippen LogP contribution >= 0.6 is 12.6 Å². The Balaban J connectivity index is 2.20. The van der Waals surface area contributed by atoms with Gasteiger partial charge in [0.25, 0.3) is 0 Å². The van der Waals surface area contributed by atoms with E-state index in [1.54, 1.807) is 0 Å². The van der Waals surface area contributed by atoms with E-state index in [0.29, 0.717) is 0 Å². The van der Waals surface area contributed by atoms with E-state index < -0.39 is 0 Å². The number of rotatable bonds is 2. The quantitative estimate of drug-likeness (QED) is 0.631. The van der Waals surface area contributed by atoms with Gasteiger partial charge in [-0.25, -0.2) is 0 Å². The summed E-state index contributed by atoms with van der Waals surface area (Å²) in [6, 6.07) is 2.18. The van der Waals surface area contributed by atoms with Crippen LogP contribution in [0.1, 0.15) is 38.5 Å². The summed E-state index contributed by atoms with van der Waals surface area (Å²) in [7, 11) is 0. The van der Waals surface area contributed by atoms with Crippen LogP contribution in [0.3, 0.4) is 0 Å². The fraction of sp³-hybridized carbons (Fsp3) is 0.889. The average molecular weight is 169 g/mol. The topological polar surface area (TPSA) is 23.8 Å². The molecule has 1 nitrogen and oxygen atoms in total. The highest BCUT2D eigenvalue weighted by atomic mass is 32.1. The van der Waals surface area contributed by atoms with Crippen molar-refractivity contribution in [2.45, 2.75) is 43.8 Å². The van der Waals surface area contributed by atoms with Crippen LogP contribution in [0, 0.1) is 17.2 Å². The zero-order valence-electron chi connectivity index (χ0n) is 6.79. The summed E-state index contributed by atoms with van der Waals surface area (Å²) < 4.78 is 0. The molecule has 1 saturated carbocycles. The van der Waals surface area contributed by atoms with E-state index in [4.69, 9.17) is 5.26 Å². The van der Waals surface area contributed by atoms with Gasteiger partial charge in [0.1, 0.15) is 0 Å². The van der Waals surface area contributed by atoms with Crippen LogP contribution < -0.4 is 0 Å². The zero-order valence-corrected chi connectivity index (χ0v) is 7.69. The lowest BCUT2D eigenvalue weighted by atomic mass is 9.86. The van der Waals surface area contributed by atoms with Gasteiger partial charge < -0.3 is 0 Å². The summed E-state index contributed by atoms with van der Waals surface area (Å²) in [5, 5.41) is 8.51. The van der Waals surface area contributed by atoms with E-state index in [1.165, 1.54) is 32.1 Å².